The van der Waals surface area contributed by atoms with Gasteiger partial charge in [-0.1, -0.05) is 0 Å². The van der Waals surface area contributed by atoms with Crippen LogP contribution in [0.25, 0.3) is 5.82 Å². The van der Waals surface area contributed by atoms with Gasteiger partial charge in [-0.25, -0.2) is 14.5 Å². The summed E-state index contributed by atoms with van der Waals surface area (Å²) in [5.41, 5.74) is 3.15. The van der Waals surface area contributed by atoms with E-state index in [0.717, 1.165) is 42.1 Å². The summed E-state index contributed by atoms with van der Waals surface area (Å²) in [6.07, 6.45) is 9.10. The molecular weight excluding hydrogens is 280 g/mol. The third-order valence-electron chi connectivity index (χ3n) is 5.07. The first-order chi connectivity index (χ1) is 10.7. The molecule has 0 bridgehead atoms. The van der Waals surface area contributed by atoms with Gasteiger partial charge in [-0.2, -0.15) is 5.10 Å². The number of fused-ring (bicyclic) bond motifs is 3. The van der Waals surface area contributed by atoms with E-state index in [1.165, 1.54) is 12.8 Å². The van der Waals surface area contributed by atoms with Crippen LogP contribution in [0.15, 0.2) is 12.4 Å². The fourth-order valence-corrected chi connectivity index (χ4v) is 3.64. The molecule has 0 aromatic carbocycles. The number of nitrogens with zero attached hydrogens (tertiary/aromatic N) is 4. The first-order valence-electron chi connectivity index (χ1n) is 7.87. The highest BCUT2D eigenvalue weighted by molar-refractivity contribution is 5.88. The van der Waals surface area contributed by atoms with Gasteiger partial charge in [-0.15, -0.1) is 0 Å². The van der Waals surface area contributed by atoms with Crippen LogP contribution in [-0.2, 0) is 12.8 Å². The predicted octanol–water partition coefficient (Wildman–Crippen LogP) is 1.97. The summed E-state index contributed by atoms with van der Waals surface area (Å²) in [6, 6.07) is 0. The number of hydrogen-bond donors (Lipinski definition) is 1. The Hall–Kier alpha value is -2.24. The lowest BCUT2D eigenvalue weighted by molar-refractivity contribution is 0.0688. The maximum absolute atomic E-state index is 11.4. The van der Waals surface area contributed by atoms with E-state index in [-0.39, 0.29) is 5.69 Å². The standard InChI is InChI=1S/C16H16N4O2/c21-16(22)14-12-5-9-4-11(9)15(12)20(19-14)13-7-17-10(6-18-13)3-8-1-2-8/h6-9,11H,1-5H2,(H,21,22)/t9-,11-/m1/s1. The first-order valence-corrected chi connectivity index (χ1v) is 7.87. The lowest BCUT2D eigenvalue weighted by Crippen LogP contribution is -2.07. The van der Waals surface area contributed by atoms with Crippen molar-refractivity contribution in [2.45, 2.75) is 38.0 Å². The zero-order valence-corrected chi connectivity index (χ0v) is 12.1. The Morgan fingerprint density at radius 3 is 2.86 bits per heavy atom. The monoisotopic (exact) mass is 296 g/mol. The van der Waals surface area contributed by atoms with Crippen LogP contribution in [-0.4, -0.2) is 30.8 Å². The minimum absolute atomic E-state index is 0.186. The van der Waals surface area contributed by atoms with Crippen molar-refractivity contribution in [2.75, 3.05) is 0 Å². The molecule has 0 saturated heterocycles. The lowest BCUT2D eigenvalue weighted by Gasteiger charge is -2.06. The maximum Gasteiger partial charge on any atom is 0.356 e. The average molecular weight is 296 g/mol. The smallest absolute Gasteiger partial charge is 0.356 e. The molecular formula is C16H16N4O2. The van der Waals surface area contributed by atoms with Gasteiger partial charge in [-0.3, -0.25) is 4.98 Å². The summed E-state index contributed by atoms with van der Waals surface area (Å²) in [5.74, 6) is 1.54. The normalized spacial score (nSPS) is 24.9. The molecule has 2 fully saturated rings. The van der Waals surface area contributed by atoms with Gasteiger partial charge in [0.25, 0.3) is 0 Å². The van der Waals surface area contributed by atoms with Crippen molar-refractivity contribution in [3.63, 3.8) is 0 Å². The molecule has 0 aliphatic heterocycles. The van der Waals surface area contributed by atoms with Crippen LogP contribution in [0, 0.1) is 11.8 Å². The van der Waals surface area contributed by atoms with Crippen LogP contribution < -0.4 is 0 Å². The molecule has 0 spiro atoms. The van der Waals surface area contributed by atoms with Gasteiger partial charge < -0.3 is 5.11 Å². The highest BCUT2D eigenvalue weighted by Gasteiger charge is 2.50. The Bertz CT molecular complexity index is 776. The van der Waals surface area contributed by atoms with Gasteiger partial charge in [0.05, 0.1) is 23.8 Å². The van der Waals surface area contributed by atoms with E-state index in [4.69, 9.17) is 0 Å². The van der Waals surface area contributed by atoms with E-state index in [2.05, 4.69) is 15.1 Å². The van der Waals surface area contributed by atoms with Crippen LogP contribution in [0.2, 0.25) is 0 Å². The van der Waals surface area contributed by atoms with Crippen LogP contribution in [0.1, 0.15) is 52.6 Å². The zero-order valence-electron chi connectivity index (χ0n) is 12.1. The summed E-state index contributed by atoms with van der Waals surface area (Å²) in [4.78, 5) is 20.4. The van der Waals surface area contributed by atoms with Crippen LogP contribution >= 0.6 is 0 Å². The van der Waals surface area contributed by atoms with Crippen molar-refractivity contribution in [3.05, 3.63) is 35.0 Å². The van der Waals surface area contributed by atoms with Gasteiger partial charge in [0, 0.05) is 11.5 Å². The quantitative estimate of drug-likeness (QED) is 0.933. The maximum atomic E-state index is 11.4. The zero-order chi connectivity index (χ0) is 14.8. The molecule has 2 aromatic heterocycles. The number of carboxylic acids is 1. The Balaban J connectivity index is 1.54. The van der Waals surface area contributed by atoms with E-state index in [9.17, 15) is 9.90 Å². The topological polar surface area (TPSA) is 80.9 Å². The predicted molar refractivity (Wildman–Crippen MR) is 77.1 cm³/mol. The summed E-state index contributed by atoms with van der Waals surface area (Å²) in [5, 5.41) is 13.6. The Kier molecular flexibility index (Phi) is 2.32. The van der Waals surface area contributed by atoms with Crippen molar-refractivity contribution in [1.29, 1.82) is 0 Å². The molecule has 1 N–H and O–H groups in total. The molecule has 6 nitrogen and oxygen atoms in total. The summed E-state index contributed by atoms with van der Waals surface area (Å²) < 4.78 is 1.71. The number of carbonyl (C=O) groups is 1. The molecule has 2 saturated carbocycles. The van der Waals surface area contributed by atoms with Crippen LogP contribution in [0.4, 0.5) is 0 Å². The number of aromatic nitrogens is 4. The van der Waals surface area contributed by atoms with Crippen LogP contribution in [0.3, 0.4) is 0 Å². The van der Waals surface area contributed by atoms with Crippen molar-refractivity contribution < 1.29 is 9.90 Å². The Morgan fingerprint density at radius 1 is 1.32 bits per heavy atom. The highest BCUT2D eigenvalue weighted by Crippen LogP contribution is 2.57. The van der Waals surface area contributed by atoms with E-state index in [1.807, 2.05) is 6.20 Å². The molecule has 2 aromatic rings. The van der Waals surface area contributed by atoms with Gasteiger partial charge in [0.1, 0.15) is 0 Å². The molecule has 6 heteroatoms. The third kappa shape index (κ3) is 1.79. The fraction of sp³-hybridized carbons (Fsp3) is 0.500. The van der Waals surface area contributed by atoms with E-state index >= 15 is 0 Å². The largest absolute Gasteiger partial charge is 0.476 e. The number of hydrogen-bond acceptors (Lipinski definition) is 4. The van der Waals surface area contributed by atoms with Crippen molar-refractivity contribution in [2.24, 2.45) is 11.8 Å². The number of rotatable bonds is 4. The molecule has 2 heterocycles. The fourth-order valence-electron chi connectivity index (χ4n) is 3.64. The summed E-state index contributed by atoms with van der Waals surface area (Å²) >= 11 is 0. The molecule has 3 aliphatic rings. The van der Waals surface area contributed by atoms with E-state index in [1.54, 1.807) is 10.9 Å². The van der Waals surface area contributed by atoms with Gasteiger partial charge in [-0.05, 0) is 43.9 Å². The van der Waals surface area contributed by atoms with Crippen molar-refractivity contribution in [1.82, 2.24) is 19.7 Å². The van der Waals surface area contributed by atoms with Crippen molar-refractivity contribution in [3.8, 4) is 5.82 Å². The van der Waals surface area contributed by atoms with Gasteiger partial charge >= 0.3 is 5.97 Å². The highest BCUT2D eigenvalue weighted by atomic mass is 16.4. The van der Waals surface area contributed by atoms with Gasteiger partial charge in [0.15, 0.2) is 11.5 Å². The van der Waals surface area contributed by atoms with Crippen LogP contribution in [0.5, 0.6) is 0 Å². The second-order valence-corrected chi connectivity index (χ2v) is 6.75. The lowest BCUT2D eigenvalue weighted by atomic mass is 10.1. The SMILES string of the molecule is O=C(O)c1nn(-c2cnc(CC3CC3)cn2)c2c1C[C@H]1C[C@@H]21. The molecule has 0 radical (unpaired) electrons. The molecule has 0 unspecified atom stereocenters. The van der Waals surface area contributed by atoms with E-state index < -0.39 is 5.97 Å². The number of aromatic carboxylic acids is 1. The second-order valence-electron chi connectivity index (χ2n) is 6.75. The Labute approximate surface area is 127 Å². The Morgan fingerprint density at radius 2 is 2.18 bits per heavy atom. The van der Waals surface area contributed by atoms with Gasteiger partial charge in [0.2, 0.25) is 0 Å². The average Bonchev–Trinajstić information content (AvgIpc) is 3.39. The van der Waals surface area contributed by atoms with E-state index in [0.29, 0.717) is 17.7 Å². The minimum Gasteiger partial charge on any atom is -0.476 e. The summed E-state index contributed by atoms with van der Waals surface area (Å²) in [7, 11) is 0. The molecule has 2 atom stereocenters. The molecule has 5 rings (SSSR count). The molecule has 0 amide bonds. The minimum atomic E-state index is -0.949. The van der Waals surface area contributed by atoms with Crippen molar-refractivity contribution >= 4 is 5.97 Å². The molecule has 22 heavy (non-hydrogen) atoms. The summed E-state index contributed by atoms with van der Waals surface area (Å²) in [6.45, 7) is 0. The number of carboxylic acid groups (broad SMARTS) is 1. The molecule has 112 valence electrons. The first kappa shape index (κ1) is 12.3. The third-order valence-corrected chi connectivity index (χ3v) is 5.07. The molecule has 3 aliphatic carbocycles. The second kappa shape index (κ2) is 4.15.